The average molecular weight is 232 g/mol. The van der Waals surface area contributed by atoms with Crippen molar-refractivity contribution in [2.75, 3.05) is 13.1 Å². The summed E-state index contributed by atoms with van der Waals surface area (Å²) in [5.41, 5.74) is 0. The van der Waals surface area contributed by atoms with Gasteiger partial charge in [0.25, 0.3) is 0 Å². The first-order valence-electron chi connectivity index (χ1n) is 5.96. The van der Waals surface area contributed by atoms with Crippen molar-refractivity contribution in [2.45, 2.75) is 45.4 Å². The fraction of sp³-hybridized carbons (Fsp3) is 0.917. The summed E-state index contributed by atoms with van der Waals surface area (Å²) in [5, 5.41) is 0.248. The number of amides is 1. The predicted molar refractivity (Wildman–Crippen MR) is 64.1 cm³/mol. The summed E-state index contributed by atoms with van der Waals surface area (Å²) in [6.45, 7) is 8.07. The van der Waals surface area contributed by atoms with E-state index in [1.807, 2.05) is 4.90 Å². The van der Waals surface area contributed by atoms with E-state index in [-0.39, 0.29) is 5.38 Å². The van der Waals surface area contributed by atoms with Crippen molar-refractivity contribution in [3.05, 3.63) is 0 Å². The maximum atomic E-state index is 11.9. The number of likely N-dealkylation sites (tertiary alicyclic amines) is 1. The van der Waals surface area contributed by atoms with Crippen LogP contribution < -0.4 is 0 Å². The van der Waals surface area contributed by atoms with Gasteiger partial charge >= 0.3 is 0 Å². The standard InChI is InChI=1S/C12H22ClNO/c1-4-9(2)7-12(15)14-6-5-11(13)10(3)8-14/h9-11H,4-8H2,1-3H3. The summed E-state index contributed by atoms with van der Waals surface area (Å²) in [7, 11) is 0. The Bertz CT molecular complexity index is 220. The van der Waals surface area contributed by atoms with Crippen molar-refractivity contribution < 1.29 is 4.79 Å². The van der Waals surface area contributed by atoms with E-state index in [1.54, 1.807) is 0 Å². The quantitative estimate of drug-likeness (QED) is 0.684. The van der Waals surface area contributed by atoms with E-state index in [4.69, 9.17) is 11.6 Å². The lowest BCUT2D eigenvalue weighted by Crippen LogP contribution is -2.43. The van der Waals surface area contributed by atoms with Crippen LogP contribution in [0.15, 0.2) is 0 Å². The van der Waals surface area contributed by atoms with Crippen molar-refractivity contribution in [3.8, 4) is 0 Å². The highest BCUT2D eigenvalue weighted by atomic mass is 35.5. The summed E-state index contributed by atoms with van der Waals surface area (Å²) >= 11 is 6.13. The molecule has 88 valence electrons. The molecule has 15 heavy (non-hydrogen) atoms. The van der Waals surface area contributed by atoms with Crippen LogP contribution in [-0.2, 0) is 4.79 Å². The van der Waals surface area contributed by atoms with Gasteiger partial charge in [0.1, 0.15) is 0 Å². The fourth-order valence-corrected chi connectivity index (χ4v) is 2.09. The third-order valence-corrected chi connectivity index (χ3v) is 4.02. The highest BCUT2D eigenvalue weighted by molar-refractivity contribution is 6.20. The Labute approximate surface area is 98.0 Å². The molecule has 1 fully saturated rings. The van der Waals surface area contributed by atoms with Gasteiger partial charge in [-0.25, -0.2) is 0 Å². The molecule has 1 saturated heterocycles. The first-order valence-corrected chi connectivity index (χ1v) is 6.40. The number of piperidine rings is 1. The monoisotopic (exact) mass is 231 g/mol. The number of carbonyl (C=O) groups excluding carboxylic acids is 1. The Morgan fingerprint density at radius 3 is 2.80 bits per heavy atom. The van der Waals surface area contributed by atoms with Crippen molar-refractivity contribution in [1.29, 1.82) is 0 Å². The van der Waals surface area contributed by atoms with Crippen molar-refractivity contribution in [3.63, 3.8) is 0 Å². The van der Waals surface area contributed by atoms with Gasteiger partial charge in [-0.1, -0.05) is 27.2 Å². The molecule has 2 nitrogen and oxygen atoms in total. The zero-order valence-electron chi connectivity index (χ0n) is 10.0. The van der Waals surface area contributed by atoms with E-state index >= 15 is 0 Å². The third kappa shape index (κ3) is 3.67. The number of rotatable bonds is 3. The molecular formula is C12H22ClNO. The predicted octanol–water partition coefficient (Wildman–Crippen LogP) is 2.90. The molecule has 3 unspecified atom stereocenters. The second-order valence-electron chi connectivity index (χ2n) is 4.84. The number of hydrogen-bond donors (Lipinski definition) is 0. The average Bonchev–Trinajstić information content (AvgIpc) is 2.21. The summed E-state index contributed by atoms with van der Waals surface area (Å²) < 4.78 is 0. The minimum Gasteiger partial charge on any atom is -0.342 e. The molecule has 1 rings (SSSR count). The molecule has 1 heterocycles. The first kappa shape index (κ1) is 12.8. The highest BCUT2D eigenvalue weighted by Gasteiger charge is 2.27. The van der Waals surface area contributed by atoms with E-state index < -0.39 is 0 Å². The zero-order valence-corrected chi connectivity index (χ0v) is 10.8. The van der Waals surface area contributed by atoms with Gasteiger partial charge in [-0.2, -0.15) is 0 Å². The van der Waals surface area contributed by atoms with Gasteiger partial charge in [0.15, 0.2) is 0 Å². The highest BCUT2D eigenvalue weighted by Crippen LogP contribution is 2.23. The van der Waals surface area contributed by atoms with Crippen LogP contribution in [0.3, 0.4) is 0 Å². The molecule has 3 heteroatoms. The molecule has 0 aliphatic carbocycles. The number of halogens is 1. The van der Waals surface area contributed by atoms with Gasteiger partial charge in [0, 0.05) is 24.9 Å². The van der Waals surface area contributed by atoms with Gasteiger partial charge < -0.3 is 4.90 Å². The van der Waals surface area contributed by atoms with Crippen LogP contribution in [0.1, 0.15) is 40.0 Å². The van der Waals surface area contributed by atoms with Gasteiger partial charge in [0.05, 0.1) is 0 Å². The molecule has 0 bridgehead atoms. The van der Waals surface area contributed by atoms with Crippen molar-refractivity contribution >= 4 is 17.5 Å². The summed E-state index contributed by atoms with van der Waals surface area (Å²) in [4.78, 5) is 13.9. The largest absolute Gasteiger partial charge is 0.342 e. The maximum absolute atomic E-state index is 11.9. The van der Waals surface area contributed by atoms with E-state index in [1.165, 1.54) is 0 Å². The molecular weight excluding hydrogens is 210 g/mol. The molecule has 0 aromatic carbocycles. The normalized spacial score (nSPS) is 28.9. The van der Waals surface area contributed by atoms with E-state index in [2.05, 4.69) is 20.8 Å². The number of nitrogens with zero attached hydrogens (tertiary/aromatic N) is 1. The molecule has 3 atom stereocenters. The smallest absolute Gasteiger partial charge is 0.222 e. The Balaban J connectivity index is 2.40. The molecule has 0 aromatic heterocycles. The van der Waals surface area contributed by atoms with Crippen molar-refractivity contribution in [1.82, 2.24) is 4.90 Å². The topological polar surface area (TPSA) is 20.3 Å². The Morgan fingerprint density at radius 1 is 1.60 bits per heavy atom. The Hall–Kier alpha value is -0.240. The van der Waals surface area contributed by atoms with E-state index in [0.29, 0.717) is 24.2 Å². The van der Waals surface area contributed by atoms with E-state index in [0.717, 1.165) is 25.9 Å². The molecule has 0 spiro atoms. The van der Waals surface area contributed by atoms with Crippen LogP contribution in [0, 0.1) is 11.8 Å². The van der Waals surface area contributed by atoms with Crippen molar-refractivity contribution in [2.24, 2.45) is 11.8 Å². The lowest BCUT2D eigenvalue weighted by atomic mass is 9.98. The molecule has 1 aliphatic rings. The number of carbonyl (C=O) groups is 1. The first-order chi connectivity index (χ1) is 7.04. The molecule has 1 amide bonds. The number of hydrogen-bond acceptors (Lipinski definition) is 1. The second kappa shape index (κ2) is 5.74. The van der Waals surface area contributed by atoms with Gasteiger partial charge in [-0.15, -0.1) is 11.6 Å². The summed E-state index contributed by atoms with van der Waals surface area (Å²) in [6.07, 6.45) is 2.71. The molecule has 0 saturated carbocycles. The molecule has 1 aliphatic heterocycles. The van der Waals surface area contributed by atoms with Crippen LogP contribution in [0.4, 0.5) is 0 Å². The van der Waals surface area contributed by atoms with Crippen LogP contribution >= 0.6 is 11.6 Å². The minimum atomic E-state index is 0.248. The maximum Gasteiger partial charge on any atom is 0.222 e. The molecule has 0 N–H and O–H groups in total. The van der Waals surface area contributed by atoms with Crippen LogP contribution in [-0.4, -0.2) is 29.3 Å². The lowest BCUT2D eigenvalue weighted by molar-refractivity contribution is -0.133. The Morgan fingerprint density at radius 2 is 2.27 bits per heavy atom. The third-order valence-electron chi connectivity index (χ3n) is 3.37. The summed E-state index contributed by atoms with van der Waals surface area (Å²) in [5.74, 6) is 1.24. The zero-order chi connectivity index (χ0) is 11.4. The lowest BCUT2D eigenvalue weighted by Gasteiger charge is -2.34. The Kier molecular flexibility index (Phi) is 4.91. The van der Waals surface area contributed by atoms with Crippen LogP contribution in [0.25, 0.3) is 0 Å². The van der Waals surface area contributed by atoms with Crippen LogP contribution in [0.2, 0.25) is 0 Å². The summed E-state index contributed by atoms with van der Waals surface area (Å²) in [6, 6.07) is 0. The minimum absolute atomic E-state index is 0.248. The van der Waals surface area contributed by atoms with E-state index in [9.17, 15) is 4.79 Å². The van der Waals surface area contributed by atoms with Gasteiger partial charge in [-0.3, -0.25) is 4.79 Å². The fourth-order valence-electron chi connectivity index (χ4n) is 1.92. The van der Waals surface area contributed by atoms with Gasteiger partial charge in [0.2, 0.25) is 5.91 Å². The molecule has 0 aromatic rings. The number of alkyl halides is 1. The van der Waals surface area contributed by atoms with Crippen LogP contribution in [0.5, 0.6) is 0 Å². The molecule has 0 radical (unpaired) electrons. The van der Waals surface area contributed by atoms with Gasteiger partial charge in [-0.05, 0) is 18.3 Å². The second-order valence-corrected chi connectivity index (χ2v) is 5.40. The SMILES string of the molecule is CCC(C)CC(=O)N1CCC(Cl)C(C)C1.